The lowest BCUT2D eigenvalue weighted by Gasteiger charge is -2.44. The summed E-state index contributed by atoms with van der Waals surface area (Å²) in [6.45, 7) is 19.4. The molecule has 4 heterocycles. The van der Waals surface area contributed by atoms with Crippen LogP contribution in [0, 0.1) is 29.6 Å². The minimum atomic E-state index is -1.18. The second-order valence-corrected chi connectivity index (χ2v) is 16.7. The molecule has 59 heavy (non-hydrogen) atoms. The Bertz CT molecular complexity index is 1660. The molecule has 12 atom stereocenters. The van der Waals surface area contributed by atoms with Crippen LogP contribution in [0.4, 0.5) is 4.79 Å². The van der Waals surface area contributed by atoms with Crippen molar-refractivity contribution in [3.05, 3.63) is 61.7 Å². The maximum atomic E-state index is 14.4. The lowest BCUT2D eigenvalue weighted by atomic mass is 9.78. The van der Waals surface area contributed by atoms with Crippen LogP contribution >= 0.6 is 0 Å². The van der Waals surface area contributed by atoms with Gasteiger partial charge in [-0.2, -0.15) is 0 Å². The van der Waals surface area contributed by atoms with Crippen LogP contribution in [0.2, 0.25) is 0 Å². The second kappa shape index (κ2) is 23.1. The van der Waals surface area contributed by atoms with Gasteiger partial charge in [0.2, 0.25) is 0 Å². The van der Waals surface area contributed by atoms with Crippen LogP contribution in [0.3, 0.4) is 0 Å². The number of hydrogen-bond donors (Lipinski definition) is 2. The predicted octanol–water partition coefficient (Wildman–Crippen LogP) is 5.97. The van der Waals surface area contributed by atoms with Gasteiger partial charge in [0.05, 0.1) is 12.2 Å². The maximum absolute atomic E-state index is 14.4. The van der Waals surface area contributed by atoms with E-state index in [1.165, 1.54) is 11.8 Å². The van der Waals surface area contributed by atoms with Gasteiger partial charge in [-0.05, 0) is 77.9 Å². The zero-order valence-corrected chi connectivity index (χ0v) is 36.8. The topological polar surface area (TPSA) is 172 Å². The van der Waals surface area contributed by atoms with Gasteiger partial charge in [0.25, 0.3) is 0 Å². The quantitative estimate of drug-likeness (QED) is 0.154. The number of Topliss-reactive ketones (excluding diaryl/α,β-unsaturated/α-hetero) is 2. The van der Waals surface area contributed by atoms with Crippen molar-refractivity contribution in [2.24, 2.45) is 29.6 Å². The molecular formula is C45H69N5O9. The van der Waals surface area contributed by atoms with E-state index < -0.39 is 66.4 Å². The third-order valence-corrected chi connectivity index (χ3v) is 11.9. The van der Waals surface area contributed by atoms with Crippen LogP contribution < -0.4 is 0 Å². The highest BCUT2D eigenvalue weighted by molar-refractivity contribution is 6.00. The summed E-state index contributed by atoms with van der Waals surface area (Å²) in [6.07, 6.45) is 3.41. The number of pyridine rings is 2. The largest absolute Gasteiger partial charge is 0.465 e. The van der Waals surface area contributed by atoms with E-state index in [0.717, 1.165) is 16.7 Å². The van der Waals surface area contributed by atoms with Crippen molar-refractivity contribution in [3.8, 4) is 11.1 Å². The molecular weight excluding hydrogens is 755 g/mol. The Morgan fingerprint density at radius 2 is 1.58 bits per heavy atom. The number of aliphatic hydroxyl groups is 1. The number of ketones is 2. The third kappa shape index (κ3) is 13.2. The van der Waals surface area contributed by atoms with Crippen LogP contribution in [0.5, 0.6) is 0 Å². The van der Waals surface area contributed by atoms with E-state index in [1.54, 1.807) is 38.6 Å². The minimum absolute atomic E-state index is 0.0921. The summed E-state index contributed by atoms with van der Waals surface area (Å²) in [5.41, 5.74) is 2.81. The summed E-state index contributed by atoms with van der Waals surface area (Å²) in [4.78, 5) is 68.9. The normalized spacial score (nSPS) is 31.2. The SMILES string of the molecule is C=C.CC[C@@H]1C[C@H](N(CCN(C)Cc2cncc(-c3cccnc3)c2)C(=O)O)[C@@H](C)C(=O)[C@H](C)C[C@H](C)[C@H](O[C@@H]2O[C@H](C)C[C@H](N(C)C)[C@H]2O)[C@@H](C)C(=O)[C@@H](C)C(=O)O1. The molecule has 0 saturated carbocycles. The Morgan fingerprint density at radius 3 is 2.19 bits per heavy atom. The van der Waals surface area contributed by atoms with Crippen LogP contribution in [-0.4, -0.2) is 136 Å². The number of nitrogens with zero attached hydrogens (tertiary/aromatic N) is 5. The van der Waals surface area contributed by atoms with Crippen molar-refractivity contribution in [1.29, 1.82) is 0 Å². The lowest BCUT2D eigenvalue weighted by molar-refractivity contribution is -0.278. The van der Waals surface area contributed by atoms with Crippen molar-refractivity contribution in [1.82, 2.24) is 24.7 Å². The molecule has 2 aliphatic rings. The fraction of sp³-hybridized carbons (Fsp3) is 0.644. The van der Waals surface area contributed by atoms with Gasteiger partial charge < -0.3 is 39.1 Å². The zero-order chi connectivity index (χ0) is 44.1. The Labute approximate surface area is 351 Å². The summed E-state index contributed by atoms with van der Waals surface area (Å²) >= 11 is 0. The van der Waals surface area contributed by atoms with Crippen LogP contribution in [0.25, 0.3) is 11.1 Å². The van der Waals surface area contributed by atoms with Crippen LogP contribution in [-0.2, 0) is 35.1 Å². The van der Waals surface area contributed by atoms with Gasteiger partial charge in [-0.25, -0.2) is 4.79 Å². The third-order valence-electron chi connectivity index (χ3n) is 11.9. The molecule has 2 fully saturated rings. The Kier molecular flexibility index (Phi) is 19.3. The van der Waals surface area contributed by atoms with Crippen molar-refractivity contribution >= 4 is 23.6 Å². The van der Waals surface area contributed by atoms with E-state index in [1.807, 2.05) is 76.8 Å². The minimum Gasteiger partial charge on any atom is -0.465 e. The van der Waals surface area contributed by atoms with E-state index in [2.05, 4.69) is 23.1 Å². The molecule has 0 radical (unpaired) electrons. The molecule has 2 aliphatic heterocycles. The number of aromatic nitrogens is 2. The van der Waals surface area contributed by atoms with Crippen molar-refractivity contribution in [3.63, 3.8) is 0 Å². The number of amides is 1. The average Bonchev–Trinajstić information content (AvgIpc) is 3.22. The summed E-state index contributed by atoms with van der Waals surface area (Å²) in [5, 5.41) is 22.0. The van der Waals surface area contributed by atoms with Crippen LogP contribution in [0.15, 0.2) is 56.1 Å². The lowest BCUT2D eigenvalue weighted by Crippen LogP contribution is -2.56. The number of carboxylic acid groups (broad SMARTS) is 1. The maximum Gasteiger partial charge on any atom is 0.407 e. The number of aliphatic hydroxyl groups excluding tert-OH is 1. The molecule has 328 valence electrons. The number of ether oxygens (including phenoxy) is 3. The number of esters is 1. The molecule has 2 aromatic rings. The van der Waals surface area contributed by atoms with Crippen molar-refractivity contribution < 1.29 is 43.6 Å². The smallest absolute Gasteiger partial charge is 0.407 e. The number of carbonyl (C=O) groups is 4. The second-order valence-electron chi connectivity index (χ2n) is 16.7. The first kappa shape index (κ1) is 49.3. The first-order valence-electron chi connectivity index (χ1n) is 20.9. The van der Waals surface area contributed by atoms with Crippen molar-refractivity contribution in [2.45, 2.75) is 123 Å². The molecule has 14 heteroatoms. The van der Waals surface area contributed by atoms with E-state index >= 15 is 0 Å². The van der Waals surface area contributed by atoms with Gasteiger partial charge in [-0.15, -0.1) is 13.2 Å². The van der Waals surface area contributed by atoms with Crippen LogP contribution in [0.1, 0.15) is 79.7 Å². The summed E-state index contributed by atoms with van der Waals surface area (Å²) in [5.74, 6) is -4.82. The van der Waals surface area contributed by atoms with E-state index in [0.29, 0.717) is 32.4 Å². The molecule has 0 unspecified atom stereocenters. The van der Waals surface area contributed by atoms with Gasteiger partial charge >= 0.3 is 12.1 Å². The number of cyclic esters (lactones) is 1. The Hall–Kier alpha value is -4.08. The number of carbonyl (C=O) groups excluding carboxylic acids is 3. The summed E-state index contributed by atoms with van der Waals surface area (Å²) in [6, 6.07) is 4.80. The standard InChI is InChI=1S/C43H65N5O9.C2H4/c1-11-34-20-35(48(43(53)54)16-15-47(10)24-31-19-33(23-45-21-31)32-13-12-14-44-22-32)28(5)37(49)25(2)17-26(3)40(29(6)38(50)30(7)41(52)56-34)57-42-39(51)36(46(8)9)18-27(4)55-42;1-2/h12-14,19,21-23,25-30,34-36,39-40,42,51H,11,15-18,20,24H2,1-10H3,(H,53,54);1-2H2/t25-,26+,27-,28-,29+,30-,34-,35+,36+,39-,40+,42+;/m1./s1. The van der Waals surface area contributed by atoms with Gasteiger partial charge in [0.15, 0.2) is 12.1 Å². The monoisotopic (exact) mass is 824 g/mol. The molecule has 0 aromatic carbocycles. The molecule has 0 spiro atoms. The molecule has 0 bridgehead atoms. The fourth-order valence-corrected chi connectivity index (χ4v) is 8.45. The van der Waals surface area contributed by atoms with Gasteiger partial charge in [0.1, 0.15) is 23.9 Å². The molecule has 4 rings (SSSR count). The first-order valence-corrected chi connectivity index (χ1v) is 20.9. The molecule has 2 saturated heterocycles. The number of hydrogen-bond acceptors (Lipinski definition) is 12. The molecule has 0 aliphatic carbocycles. The summed E-state index contributed by atoms with van der Waals surface area (Å²) < 4.78 is 18.6. The zero-order valence-electron chi connectivity index (χ0n) is 36.8. The van der Waals surface area contributed by atoms with Crippen molar-refractivity contribution in [2.75, 3.05) is 34.2 Å². The van der Waals surface area contributed by atoms with E-state index in [-0.39, 0.29) is 42.6 Å². The van der Waals surface area contributed by atoms with E-state index in [4.69, 9.17) is 14.2 Å². The highest BCUT2D eigenvalue weighted by atomic mass is 16.7. The number of rotatable bonds is 11. The Morgan fingerprint density at radius 1 is 0.898 bits per heavy atom. The summed E-state index contributed by atoms with van der Waals surface area (Å²) in [7, 11) is 5.66. The predicted molar refractivity (Wildman–Crippen MR) is 226 cm³/mol. The molecule has 1 amide bonds. The van der Waals surface area contributed by atoms with Gasteiger partial charge in [-0.1, -0.05) is 40.7 Å². The van der Waals surface area contributed by atoms with E-state index in [9.17, 15) is 29.4 Å². The number of likely N-dealkylation sites (N-methyl/N-ethyl adjacent to an activating group) is 2. The highest BCUT2D eigenvalue weighted by Crippen LogP contribution is 2.34. The van der Waals surface area contributed by atoms with Gasteiger partial charge in [0, 0.05) is 91.8 Å². The average molecular weight is 824 g/mol. The van der Waals surface area contributed by atoms with Gasteiger partial charge in [-0.3, -0.25) is 24.4 Å². The molecule has 2 aromatic heterocycles. The Balaban J connectivity index is 0.00000458. The molecule has 2 N–H and O–H groups in total. The first-order chi connectivity index (χ1) is 27.9. The highest BCUT2D eigenvalue weighted by Gasteiger charge is 2.45. The molecule has 14 nitrogen and oxygen atoms in total. The fourth-order valence-electron chi connectivity index (χ4n) is 8.45.